The summed E-state index contributed by atoms with van der Waals surface area (Å²) in [6, 6.07) is -0.218. The maximum Gasteiger partial charge on any atom is 0.321 e. The van der Waals surface area contributed by atoms with E-state index in [4.69, 9.17) is 23.2 Å². The molecule has 0 radical (unpaired) electrons. The maximum atomic E-state index is 11.8. The molecule has 5 nitrogen and oxygen atoms in total. The average Bonchev–Trinajstić information content (AvgIpc) is 3.06. The number of carbonyl (C=O) groups excluding carboxylic acids is 1. The monoisotopic (exact) mass is 274 g/mol. The van der Waals surface area contributed by atoms with Crippen molar-refractivity contribution in [3.05, 3.63) is 16.6 Å². The molecule has 1 aliphatic carbocycles. The lowest BCUT2D eigenvalue weighted by atomic mass is 10.4. The summed E-state index contributed by atoms with van der Waals surface area (Å²) in [6.45, 7) is 0.762. The Morgan fingerprint density at radius 2 is 2.29 bits per heavy atom. The van der Waals surface area contributed by atoms with Gasteiger partial charge in [-0.2, -0.15) is 0 Å². The van der Waals surface area contributed by atoms with E-state index in [0.717, 1.165) is 6.54 Å². The van der Waals surface area contributed by atoms with E-state index in [-0.39, 0.29) is 16.5 Å². The first-order valence-electron chi connectivity index (χ1n) is 5.26. The van der Waals surface area contributed by atoms with Gasteiger partial charge in [-0.3, -0.25) is 0 Å². The lowest BCUT2D eigenvalue weighted by Gasteiger charge is -2.17. The van der Waals surface area contributed by atoms with Gasteiger partial charge in [0.2, 0.25) is 5.28 Å². The lowest BCUT2D eigenvalue weighted by molar-refractivity contribution is 0.220. The zero-order chi connectivity index (χ0) is 12.4. The van der Waals surface area contributed by atoms with E-state index in [1.807, 2.05) is 0 Å². The van der Waals surface area contributed by atoms with Crippen LogP contribution in [0.4, 0.5) is 10.5 Å². The number of nitrogens with one attached hydrogen (secondary N) is 1. The molecule has 1 aromatic rings. The molecule has 92 valence electrons. The highest BCUT2D eigenvalue weighted by molar-refractivity contribution is 6.34. The molecule has 1 heterocycles. The van der Waals surface area contributed by atoms with Crippen LogP contribution in [0, 0.1) is 5.92 Å². The Balaban J connectivity index is 1.96. The van der Waals surface area contributed by atoms with Gasteiger partial charge in [0, 0.05) is 13.6 Å². The fraction of sp³-hybridized carbons (Fsp3) is 0.500. The van der Waals surface area contributed by atoms with Gasteiger partial charge in [0.1, 0.15) is 0 Å². The van der Waals surface area contributed by atoms with Gasteiger partial charge in [-0.05, 0) is 30.4 Å². The average molecular weight is 275 g/mol. The van der Waals surface area contributed by atoms with Crippen molar-refractivity contribution in [1.29, 1.82) is 0 Å². The SMILES string of the molecule is CN(CC1CC1)C(=O)Nc1cnc(Cl)nc1Cl. The number of hydrogen-bond donors (Lipinski definition) is 1. The molecule has 1 aliphatic rings. The van der Waals surface area contributed by atoms with E-state index in [0.29, 0.717) is 11.6 Å². The molecule has 1 N–H and O–H groups in total. The summed E-state index contributed by atoms with van der Waals surface area (Å²) in [7, 11) is 1.75. The van der Waals surface area contributed by atoms with Crippen LogP contribution in [0.1, 0.15) is 12.8 Å². The molecular formula is C10H12Cl2N4O. The second-order valence-electron chi connectivity index (χ2n) is 4.10. The van der Waals surface area contributed by atoms with Gasteiger partial charge in [0.25, 0.3) is 0 Å². The standard InChI is InChI=1S/C10H12Cl2N4O/c1-16(5-6-2-3-6)10(17)14-7-4-13-9(12)15-8(7)11/h4,6H,2-3,5H2,1H3,(H,14,17). The minimum absolute atomic E-state index is 0.0549. The zero-order valence-corrected chi connectivity index (χ0v) is 10.8. The number of anilines is 1. The quantitative estimate of drug-likeness (QED) is 0.681. The van der Waals surface area contributed by atoms with Crippen LogP contribution in [0.15, 0.2) is 6.20 Å². The van der Waals surface area contributed by atoms with Gasteiger partial charge in [0.05, 0.1) is 11.9 Å². The molecule has 0 spiro atoms. The number of hydrogen-bond acceptors (Lipinski definition) is 3. The summed E-state index contributed by atoms with van der Waals surface area (Å²) in [5.41, 5.74) is 0.365. The second kappa shape index (κ2) is 5.06. The van der Waals surface area contributed by atoms with Crippen LogP contribution in [-0.2, 0) is 0 Å². The predicted molar refractivity (Wildman–Crippen MR) is 66.4 cm³/mol. The third kappa shape index (κ3) is 3.44. The van der Waals surface area contributed by atoms with Crippen molar-refractivity contribution in [2.24, 2.45) is 5.92 Å². The Bertz CT molecular complexity index is 436. The predicted octanol–water partition coefficient (Wildman–Crippen LogP) is 2.66. The van der Waals surface area contributed by atoms with E-state index in [1.54, 1.807) is 11.9 Å². The molecule has 0 atom stereocenters. The number of rotatable bonds is 3. The largest absolute Gasteiger partial charge is 0.327 e. The Labute approximate surface area is 109 Å². The molecule has 0 saturated heterocycles. The molecule has 7 heteroatoms. The highest BCUT2D eigenvalue weighted by Crippen LogP contribution is 2.29. The molecule has 0 bridgehead atoms. The van der Waals surface area contributed by atoms with Crippen molar-refractivity contribution in [3.8, 4) is 0 Å². The summed E-state index contributed by atoms with van der Waals surface area (Å²) >= 11 is 11.4. The molecule has 2 amide bonds. The third-order valence-corrected chi connectivity index (χ3v) is 3.00. The normalized spacial score (nSPS) is 14.5. The van der Waals surface area contributed by atoms with Gasteiger partial charge in [0.15, 0.2) is 5.15 Å². The second-order valence-corrected chi connectivity index (χ2v) is 4.79. The fourth-order valence-corrected chi connectivity index (χ4v) is 1.76. The molecular weight excluding hydrogens is 263 g/mol. The molecule has 0 unspecified atom stereocenters. The molecule has 1 aromatic heterocycles. The van der Waals surface area contributed by atoms with Crippen LogP contribution < -0.4 is 5.32 Å². The van der Waals surface area contributed by atoms with E-state index >= 15 is 0 Å². The molecule has 0 aliphatic heterocycles. The number of halogens is 2. The summed E-state index contributed by atoms with van der Waals surface area (Å²) in [6.07, 6.45) is 3.78. The summed E-state index contributed by atoms with van der Waals surface area (Å²) < 4.78 is 0. The smallest absolute Gasteiger partial charge is 0.321 e. The molecule has 1 saturated carbocycles. The van der Waals surface area contributed by atoms with E-state index < -0.39 is 0 Å². The summed E-state index contributed by atoms with van der Waals surface area (Å²) in [5, 5.41) is 2.83. The molecule has 0 aromatic carbocycles. The van der Waals surface area contributed by atoms with E-state index in [9.17, 15) is 4.79 Å². The van der Waals surface area contributed by atoms with Crippen molar-refractivity contribution >= 4 is 34.9 Å². The van der Waals surface area contributed by atoms with Gasteiger partial charge < -0.3 is 10.2 Å². The number of carbonyl (C=O) groups is 1. The van der Waals surface area contributed by atoms with Gasteiger partial charge in [-0.1, -0.05) is 11.6 Å². The van der Waals surface area contributed by atoms with Crippen LogP contribution in [0.3, 0.4) is 0 Å². The van der Waals surface area contributed by atoms with Gasteiger partial charge >= 0.3 is 6.03 Å². The first kappa shape index (κ1) is 12.4. The summed E-state index contributed by atoms with van der Waals surface area (Å²) in [5.74, 6) is 0.641. The molecule has 17 heavy (non-hydrogen) atoms. The highest BCUT2D eigenvalue weighted by atomic mass is 35.5. The highest BCUT2D eigenvalue weighted by Gasteiger charge is 2.25. The van der Waals surface area contributed by atoms with E-state index in [1.165, 1.54) is 19.0 Å². The number of nitrogens with zero attached hydrogens (tertiary/aromatic N) is 3. The first-order chi connectivity index (χ1) is 8.06. The minimum Gasteiger partial charge on any atom is -0.327 e. The van der Waals surface area contributed by atoms with Crippen LogP contribution in [0.25, 0.3) is 0 Å². The van der Waals surface area contributed by atoms with E-state index in [2.05, 4.69) is 15.3 Å². The third-order valence-electron chi connectivity index (χ3n) is 2.53. The van der Waals surface area contributed by atoms with Crippen molar-refractivity contribution in [1.82, 2.24) is 14.9 Å². The molecule has 1 fully saturated rings. The summed E-state index contributed by atoms with van der Waals surface area (Å²) in [4.78, 5) is 20.9. The number of urea groups is 1. The maximum absolute atomic E-state index is 11.8. The number of amides is 2. The van der Waals surface area contributed by atoms with Crippen molar-refractivity contribution in [2.75, 3.05) is 18.9 Å². The van der Waals surface area contributed by atoms with Gasteiger partial charge in [-0.15, -0.1) is 0 Å². The molecule has 2 rings (SSSR count). The van der Waals surface area contributed by atoms with Crippen molar-refractivity contribution in [2.45, 2.75) is 12.8 Å². The van der Waals surface area contributed by atoms with Crippen LogP contribution in [-0.4, -0.2) is 34.5 Å². The van der Waals surface area contributed by atoms with Crippen molar-refractivity contribution < 1.29 is 4.79 Å². The fourth-order valence-electron chi connectivity index (χ4n) is 1.41. The Morgan fingerprint density at radius 3 is 2.88 bits per heavy atom. The van der Waals surface area contributed by atoms with Crippen LogP contribution in [0.2, 0.25) is 10.4 Å². The minimum atomic E-state index is -0.218. The topological polar surface area (TPSA) is 58.1 Å². The van der Waals surface area contributed by atoms with Gasteiger partial charge in [-0.25, -0.2) is 14.8 Å². The Morgan fingerprint density at radius 1 is 1.59 bits per heavy atom. The van der Waals surface area contributed by atoms with Crippen molar-refractivity contribution in [3.63, 3.8) is 0 Å². The van der Waals surface area contributed by atoms with Crippen LogP contribution in [0.5, 0.6) is 0 Å². The lowest BCUT2D eigenvalue weighted by Crippen LogP contribution is -2.33. The Kier molecular flexibility index (Phi) is 3.69. The zero-order valence-electron chi connectivity index (χ0n) is 9.28. The number of aromatic nitrogens is 2. The Hall–Kier alpha value is -1.07. The van der Waals surface area contributed by atoms with Crippen LogP contribution >= 0.6 is 23.2 Å². The first-order valence-corrected chi connectivity index (χ1v) is 6.02.